The second kappa shape index (κ2) is 6.33. The lowest BCUT2D eigenvalue weighted by Crippen LogP contribution is -2.32. The summed E-state index contributed by atoms with van der Waals surface area (Å²) in [7, 11) is 0. The van der Waals surface area contributed by atoms with Crippen LogP contribution in [0.3, 0.4) is 0 Å². The van der Waals surface area contributed by atoms with Crippen molar-refractivity contribution in [3.8, 4) is 5.75 Å². The largest absolute Gasteiger partial charge is 0.508 e. The molecule has 27 heavy (non-hydrogen) atoms. The summed E-state index contributed by atoms with van der Waals surface area (Å²) in [5.74, 6) is -1.31. The number of para-hydroxylation sites is 1. The van der Waals surface area contributed by atoms with Crippen LogP contribution in [0.4, 0.5) is 11.4 Å². The highest BCUT2D eigenvalue weighted by atomic mass is 32.2. The van der Waals surface area contributed by atoms with Gasteiger partial charge in [-0.1, -0.05) is 42.2 Å². The Balaban J connectivity index is 1.85. The van der Waals surface area contributed by atoms with Crippen molar-refractivity contribution in [3.63, 3.8) is 0 Å². The lowest BCUT2D eigenvalue weighted by atomic mass is 10.1. The predicted molar refractivity (Wildman–Crippen MR) is 107 cm³/mol. The number of nitrogens with zero attached hydrogens (tertiary/aromatic N) is 2. The molecule has 0 aliphatic carbocycles. The minimum Gasteiger partial charge on any atom is -0.508 e. The molecule has 0 spiro atoms. The van der Waals surface area contributed by atoms with Crippen LogP contribution in [0.5, 0.6) is 5.75 Å². The number of benzene rings is 2. The van der Waals surface area contributed by atoms with Gasteiger partial charge in [-0.2, -0.15) is 0 Å². The van der Waals surface area contributed by atoms with E-state index in [9.17, 15) is 19.5 Å². The zero-order chi connectivity index (χ0) is 19.3. The van der Waals surface area contributed by atoms with Gasteiger partial charge in [0.25, 0.3) is 11.8 Å². The quantitative estimate of drug-likeness (QED) is 0.590. The average molecular weight is 396 g/mol. The van der Waals surface area contributed by atoms with E-state index in [-0.39, 0.29) is 20.5 Å². The number of carbonyl (C=O) groups excluding carboxylic acids is 3. The topological polar surface area (TPSA) is 77.9 Å². The fraction of sp³-hybridized carbons (Fsp3) is 0.0526. The predicted octanol–water partition coefficient (Wildman–Crippen LogP) is 3.06. The van der Waals surface area contributed by atoms with Gasteiger partial charge < -0.3 is 5.11 Å². The molecular formula is C19H12N2O4S2. The molecule has 3 amide bonds. The number of thioether (sulfide) groups is 1. The zero-order valence-electron chi connectivity index (χ0n) is 14.0. The summed E-state index contributed by atoms with van der Waals surface area (Å²) in [6, 6.07) is 12.9. The summed E-state index contributed by atoms with van der Waals surface area (Å²) >= 11 is 6.37. The number of thiocarbonyl (C=S) groups is 1. The first-order chi connectivity index (χ1) is 12.9. The second-order valence-corrected chi connectivity index (χ2v) is 7.55. The molecule has 2 aliphatic heterocycles. The van der Waals surface area contributed by atoms with Crippen LogP contribution in [0, 0.1) is 0 Å². The van der Waals surface area contributed by atoms with Gasteiger partial charge in [0.2, 0.25) is 5.91 Å². The molecule has 2 aromatic carbocycles. The maximum absolute atomic E-state index is 13.1. The monoisotopic (exact) mass is 396 g/mol. The lowest BCUT2D eigenvalue weighted by Gasteiger charge is -2.14. The number of phenolic OH excluding ortho intramolecular Hbond substituents is 1. The van der Waals surface area contributed by atoms with Crippen LogP contribution >= 0.6 is 24.0 Å². The maximum atomic E-state index is 13.1. The van der Waals surface area contributed by atoms with Crippen molar-refractivity contribution >= 4 is 63.0 Å². The molecule has 0 saturated carbocycles. The minimum atomic E-state index is -0.532. The summed E-state index contributed by atoms with van der Waals surface area (Å²) in [6.45, 7) is 1.30. The van der Waals surface area contributed by atoms with Crippen molar-refractivity contribution in [1.82, 2.24) is 0 Å². The molecule has 0 unspecified atom stereocenters. The van der Waals surface area contributed by atoms with Gasteiger partial charge in [0.1, 0.15) is 5.75 Å². The Morgan fingerprint density at radius 2 is 1.70 bits per heavy atom. The van der Waals surface area contributed by atoms with E-state index in [0.717, 1.165) is 16.7 Å². The second-order valence-electron chi connectivity index (χ2n) is 5.91. The molecule has 6 nitrogen and oxygen atoms in total. The van der Waals surface area contributed by atoms with Crippen LogP contribution in [-0.4, -0.2) is 27.1 Å². The molecule has 0 aromatic heterocycles. The molecule has 134 valence electrons. The molecule has 4 rings (SSSR count). The number of hydrogen-bond donors (Lipinski definition) is 1. The lowest BCUT2D eigenvalue weighted by molar-refractivity contribution is -0.122. The number of aromatic hydroxyl groups is 1. The normalized spacial score (nSPS) is 19.1. The van der Waals surface area contributed by atoms with Crippen LogP contribution in [-0.2, 0) is 14.4 Å². The minimum absolute atomic E-state index is 0.0690. The first kappa shape index (κ1) is 17.4. The van der Waals surface area contributed by atoms with Gasteiger partial charge in [0.15, 0.2) is 4.32 Å². The summed E-state index contributed by atoms with van der Waals surface area (Å²) in [6.07, 6.45) is 0. The summed E-state index contributed by atoms with van der Waals surface area (Å²) in [5.41, 5.74) is 1.66. The first-order valence-electron chi connectivity index (χ1n) is 7.94. The van der Waals surface area contributed by atoms with Crippen LogP contribution in [0.25, 0.3) is 5.57 Å². The smallest absolute Gasteiger partial charge is 0.271 e. The fourth-order valence-electron chi connectivity index (χ4n) is 3.09. The van der Waals surface area contributed by atoms with Crippen molar-refractivity contribution in [1.29, 1.82) is 0 Å². The summed E-state index contributed by atoms with van der Waals surface area (Å²) in [4.78, 5) is 40.5. The molecule has 0 bridgehead atoms. The highest BCUT2D eigenvalue weighted by Crippen LogP contribution is 2.45. The molecule has 2 aromatic rings. The average Bonchev–Trinajstić information content (AvgIpc) is 3.08. The van der Waals surface area contributed by atoms with Crippen LogP contribution < -0.4 is 9.80 Å². The van der Waals surface area contributed by atoms with E-state index >= 15 is 0 Å². The van der Waals surface area contributed by atoms with E-state index in [2.05, 4.69) is 0 Å². The Morgan fingerprint density at radius 3 is 2.37 bits per heavy atom. The number of imide groups is 1. The van der Waals surface area contributed by atoms with Gasteiger partial charge in [-0.05, 0) is 30.3 Å². The molecular weight excluding hydrogens is 384 g/mol. The van der Waals surface area contributed by atoms with Gasteiger partial charge in [-0.15, -0.1) is 0 Å². The summed E-state index contributed by atoms with van der Waals surface area (Å²) in [5, 5.41) is 9.45. The van der Waals surface area contributed by atoms with Crippen molar-refractivity contribution in [3.05, 3.63) is 59.0 Å². The molecule has 2 heterocycles. The van der Waals surface area contributed by atoms with Crippen molar-refractivity contribution in [2.45, 2.75) is 6.92 Å². The number of fused-ring (bicyclic) bond motifs is 1. The number of carbonyl (C=O) groups is 3. The van der Waals surface area contributed by atoms with Crippen LogP contribution in [0.1, 0.15) is 12.5 Å². The third kappa shape index (κ3) is 2.65. The van der Waals surface area contributed by atoms with Gasteiger partial charge >= 0.3 is 0 Å². The standard InChI is InChI=1S/C19H12N2O4S2/c1-10(22)20-14-5-3-2-4-13(14)15(17(20)24)16-18(25)21(19(26)27-16)11-6-8-12(23)9-7-11/h2-9,23H,1H3/b16-15+. The number of amides is 3. The van der Waals surface area contributed by atoms with Crippen LogP contribution in [0.15, 0.2) is 53.4 Å². The highest BCUT2D eigenvalue weighted by Gasteiger charge is 2.43. The molecule has 2 aliphatic rings. The molecule has 0 radical (unpaired) electrons. The molecule has 0 atom stereocenters. The third-order valence-electron chi connectivity index (χ3n) is 4.25. The van der Waals surface area contributed by atoms with Crippen molar-refractivity contribution < 1.29 is 19.5 Å². The zero-order valence-corrected chi connectivity index (χ0v) is 15.6. The molecule has 1 N–H and O–H groups in total. The number of anilines is 2. The van der Waals surface area contributed by atoms with Gasteiger partial charge in [0.05, 0.1) is 21.9 Å². The number of rotatable bonds is 1. The Kier molecular flexibility index (Phi) is 4.09. The SMILES string of the molecule is CC(=O)N1C(=O)/C(=C2/SC(=S)N(c3ccc(O)cc3)C2=O)c2ccccc21. The van der Waals surface area contributed by atoms with E-state index in [1.54, 1.807) is 36.4 Å². The van der Waals surface area contributed by atoms with Gasteiger partial charge in [-0.3, -0.25) is 19.3 Å². The fourth-order valence-corrected chi connectivity index (χ4v) is 4.46. The molecule has 1 fully saturated rings. The number of phenols is 1. The highest BCUT2D eigenvalue weighted by molar-refractivity contribution is 8.27. The Labute approximate surface area is 164 Å². The Hall–Kier alpha value is -2.97. The van der Waals surface area contributed by atoms with Crippen molar-refractivity contribution in [2.24, 2.45) is 0 Å². The van der Waals surface area contributed by atoms with Crippen molar-refractivity contribution in [2.75, 3.05) is 9.80 Å². The van der Waals surface area contributed by atoms with E-state index < -0.39 is 17.7 Å². The number of hydrogen-bond acceptors (Lipinski definition) is 6. The first-order valence-corrected chi connectivity index (χ1v) is 9.16. The third-order valence-corrected chi connectivity index (χ3v) is 5.62. The van der Waals surface area contributed by atoms with E-state index in [1.807, 2.05) is 0 Å². The van der Waals surface area contributed by atoms with Crippen LogP contribution in [0.2, 0.25) is 0 Å². The maximum Gasteiger partial charge on any atom is 0.271 e. The summed E-state index contributed by atoms with van der Waals surface area (Å²) < 4.78 is 0.278. The van der Waals surface area contributed by atoms with Gasteiger partial charge in [-0.25, -0.2) is 4.90 Å². The Bertz CT molecular complexity index is 1060. The van der Waals surface area contributed by atoms with E-state index in [0.29, 0.717) is 16.9 Å². The van der Waals surface area contributed by atoms with E-state index in [4.69, 9.17) is 12.2 Å². The molecule has 8 heteroatoms. The molecule has 1 saturated heterocycles. The van der Waals surface area contributed by atoms with E-state index in [1.165, 1.54) is 24.0 Å². The Morgan fingerprint density at radius 1 is 1.04 bits per heavy atom. The van der Waals surface area contributed by atoms with Gasteiger partial charge in [0, 0.05) is 12.5 Å².